The summed E-state index contributed by atoms with van der Waals surface area (Å²) in [5.74, 6) is -1.02. The second-order valence-corrected chi connectivity index (χ2v) is 5.06. The van der Waals surface area contributed by atoms with Gasteiger partial charge >= 0.3 is 5.97 Å². The van der Waals surface area contributed by atoms with Crippen LogP contribution in [0.4, 0.5) is 5.69 Å². The van der Waals surface area contributed by atoms with E-state index in [1.54, 1.807) is 48.5 Å². The molecule has 0 aliphatic heterocycles. The van der Waals surface area contributed by atoms with Gasteiger partial charge in [0.25, 0.3) is 0 Å². The molecular formula is C16H14ClNO3. The molecule has 0 bridgehead atoms. The highest BCUT2D eigenvalue weighted by atomic mass is 35.5. The van der Waals surface area contributed by atoms with E-state index in [2.05, 4.69) is 5.32 Å². The van der Waals surface area contributed by atoms with Crippen molar-refractivity contribution < 1.29 is 14.7 Å². The third-order valence-corrected chi connectivity index (χ3v) is 3.12. The second kappa shape index (κ2) is 6.90. The van der Waals surface area contributed by atoms with Crippen molar-refractivity contribution in [2.75, 3.05) is 5.32 Å². The second-order valence-electron chi connectivity index (χ2n) is 4.62. The highest BCUT2D eigenvalue weighted by molar-refractivity contribution is 6.30. The molecule has 0 atom stereocenters. The van der Waals surface area contributed by atoms with Gasteiger partial charge in [-0.25, -0.2) is 0 Å². The van der Waals surface area contributed by atoms with Gasteiger partial charge < -0.3 is 10.4 Å². The van der Waals surface area contributed by atoms with E-state index in [9.17, 15) is 9.59 Å². The largest absolute Gasteiger partial charge is 0.481 e. The van der Waals surface area contributed by atoms with Crippen LogP contribution in [-0.2, 0) is 22.4 Å². The predicted molar refractivity (Wildman–Crippen MR) is 81.6 cm³/mol. The minimum absolute atomic E-state index is 0.0288. The predicted octanol–water partition coefficient (Wildman–Crippen LogP) is 3.15. The molecule has 0 aliphatic rings. The first-order valence-corrected chi connectivity index (χ1v) is 6.76. The molecule has 108 valence electrons. The van der Waals surface area contributed by atoms with Gasteiger partial charge in [-0.1, -0.05) is 35.9 Å². The SMILES string of the molecule is O=C(O)Cc1ccc(NC(=O)Cc2ccc(Cl)cc2)cc1. The topological polar surface area (TPSA) is 66.4 Å². The normalized spacial score (nSPS) is 10.1. The lowest BCUT2D eigenvalue weighted by Crippen LogP contribution is -2.14. The summed E-state index contributed by atoms with van der Waals surface area (Å²) in [5.41, 5.74) is 2.21. The van der Waals surface area contributed by atoms with Gasteiger partial charge in [0.05, 0.1) is 12.8 Å². The number of nitrogens with one attached hydrogen (secondary N) is 1. The van der Waals surface area contributed by atoms with Gasteiger partial charge in [-0.2, -0.15) is 0 Å². The maximum absolute atomic E-state index is 11.9. The van der Waals surface area contributed by atoms with Crippen LogP contribution in [0.25, 0.3) is 0 Å². The fourth-order valence-electron chi connectivity index (χ4n) is 1.87. The molecule has 4 nitrogen and oxygen atoms in total. The van der Waals surface area contributed by atoms with Crippen LogP contribution in [0.5, 0.6) is 0 Å². The Morgan fingerprint density at radius 1 is 0.905 bits per heavy atom. The quantitative estimate of drug-likeness (QED) is 0.891. The number of aliphatic carboxylic acids is 1. The van der Waals surface area contributed by atoms with Gasteiger partial charge in [0.1, 0.15) is 0 Å². The molecular weight excluding hydrogens is 290 g/mol. The van der Waals surface area contributed by atoms with Crippen molar-refractivity contribution in [1.29, 1.82) is 0 Å². The lowest BCUT2D eigenvalue weighted by Gasteiger charge is -2.06. The number of hydrogen-bond donors (Lipinski definition) is 2. The Hall–Kier alpha value is -2.33. The zero-order valence-electron chi connectivity index (χ0n) is 11.2. The number of carbonyl (C=O) groups is 2. The van der Waals surface area contributed by atoms with Crippen molar-refractivity contribution in [3.05, 3.63) is 64.7 Å². The lowest BCUT2D eigenvalue weighted by atomic mass is 10.1. The van der Waals surface area contributed by atoms with E-state index in [0.717, 1.165) is 5.56 Å². The van der Waals surface area contributed by atoms with Crippen molar-refractivity contribution in [2.24, 2.45) is 0 Å². The zero-order chi connectivity index (χ0) is 15.2. The van der Waals surface area contributed by atoms with Crippen LogP contribution < -0.4 is 5.32 Å². The number of benzene rings is 2. The molecule has 2 aromatic rings. The number of halogens is 1. The number of rotatable bonds is 5. The van der Waals surface area contributed by atoms with E-state index < -0.39 is 5.97 Å². The van der Waals surface area contributed by atoms with Crippen LogP contribution in [0.15, 0.2) is 48.5 Å². The van der Waals surface area contributed by atoms with E-state index in [0.29, 0.717) is 16.3 Å². The molecule has 2 aromatic carbocycles. The molecule has 0 aliphatic carbocycles. The van der Waals surface area contributed by atoms with Crippen molar-refractivity contribution in [2.45, 2.75) is 12.8 Å². The summed E-state index contributed by atoms with van der Waals surface area (Å²) in [4.78, 5) is 22.5. The molecule has 0 fully saturated rings. The molecule has 0 aromatic heterocycles. The first-order chi connectivity index (χ1) is 10.0. The summed E-state index contributed by atoms with van der Waals surface area (Å²) >= 11 is 5.79. The Kier molecular flexibility index (Phi) is 4.95. The van der Waals surface area contributed by atoms with E-state index in [1.807, 2.05) is 0 Å². The summed E-state index contributed by atoms with van der Waals surface area (Å²) in [6.07, 6.45) is 0.229. The summed E-state index contributed by atoms with van der Waals surface area (Å²) in [6, 6.07) is 13.8. The first-order valence-electron chi connectivity index (χ1n) is 6.38. The van der Waals surface area contributed by atoms with Crippen molar-refractivity contribution >= 4 is 29.2 Å². The summed E-state index contributed by atoms with van der Waals surface area (Å²) in [7, 11) is 0. The maximum atomic E-state index is 11.9. The van der Waals surface area contributed by atoms with Gasteiger partial charge in [0.2, 0.25) is 5.91 Å². The van der Waals surface area contributed by atoms with Crippen molar-refractivity contribution in [3.63, 3.8) is 0 Å². The van der Waals surface area contributed by atoms with Gasteiger partial charge in [0, 0.05) is 10.7 Å². The van der Waals surface area contributed by atoms with Crippen LogP contribution in [-0.4, -0.2) is 17.0 Å². The Bertz CT molecular complexity index is 636. The third kappa shape index (κ3) is 4.93. The minimum Gasteiger partial charge on any atom is -0.481 e. The molecule has 0 unspecified atom stereocenters. The summed E-state index contributed by atoms with van der Waals surface area (Å²) in [5, 5.41) is 12.1. The smallest absolute Gasteiger partial charge is 0.307 e. The van der Waals surface area contributed by atoms with Crippen LogP contribution in [0.2, 0.25) is 5.02 Å². The van der Waals surface area contributed by atoms with E-state index in [4.69, 9.17) is 16.7 Å². The minimum atomic E-state index is -0.880. The lowest BCUT2D eigenvalue weighted by molar-refractivity contribution is -0.136. The van der Waals surface area contributed by atoms with Gasteiger partial charge in [0.15, 0.2) is 0 Å². The van der Waals surface area contributed by atoms with Crippen LogP contribution in [0.3, 0.4) is 0 Å². The number of hydrogen-bond acceptors (Lipinski definition) is 2. The van der Waals surface area contributed by atoms with Crippen molar-refractivity contribution in [1.82, 2.24) is 0 Å². The fraction of sp³-hybridized carbons (Fsp3) is 0.125. The average molecular weight is 304 g/mol. The summed E-state index contributed by atoms with van der Waals surface area (Å²) in [6.45, 7) is 0. The Balaban J connectivity index is 1.93. The third-order valence-electron chi connectivity index (χ3n) is 2.87. The first kappa shape index (κ1) is 15.1. The van der Waals surface area contributed by atoms with Crippen LogP contribution in [0.1, 0.15) is 11.1 Å². The molecule has 2 N–H and O–H groups in total. The molecule has 5 heteroatoms. The number of carboxylic acids is 1. The molecule has 0 radical (unpaired) electrons. The maximum Gasteiger partial charge on any atom is 0.307 e. The molecule has 0 saturated heterocycles. The molecule has 2 rings (SSSR count). The van der Waals surface area contributed by atoms with Gasteiger partial charge in [-0.3, -0.25) is 9.59 Å². The molecule has 0 spiro atoms. The molecule has 1 amide bonds. The van der Waals surface area contributed by atoms with E-state index >= 15 is 0 Å². The highest BCUT2D eigenvalue weighted by Crippen LogP contribution is 2.13. The Morgan fingerprint density at radius 2 is 1.43 bits per heavy atom. The monoisotopic (exact) mass is 303 g/mol. The van der Waals surface area contributed by atoms with E-state index in [1.165, 1.54) is 0 Å². The number of amides is 1. The van der Waals surface area contributed by atoms with Crippen LogP contribution >= 0.6 is 11.6 Å². The Labute approximate surface area is 127 Å². The average Bonchev–Trinajstić information content (AvgIpc) is 2.43. The van der Waals surface area contributed by atoms with Gasteiger partial charge in [-0.05, 0) is 35.4 Å². The van der Waals surface area contributed by atoms with Gasteiger partial charge in [-0.15, -0.1) is 0 Å². The standard InChI is InChI=1S/C16H14ClNO3/c17-13-5-1-11(2-6-13)9-15(19)18-14-7-3-12(4-8-14)10-16(20)21/h1-8H,9-10H2,(H,18,19)(H,20,21). The number of anilines is 1. The highest BCUT2D eigenvalue weighted by Gasteiger charge is 2.05. The molecule has 0 heterocycles. The molecule has 0 saturated carbocycles. The number of carbonyl (C=O) groups excluding carboxylic acids is 1. The van der Waals surface area contributed by atoms with Crippen LogP contribution in [0, 0.1) is 0 Å². The molecule has 21 heavy (non-hydrogen) atoms. The number of carboxylic acid groups (broad SMARTS) is 1. The van der Waals surface area contributed by atoms with E-state index in [-0.39, 0.29) is 18.7 Å². The zero-order valence-corrected chi connectivity index (χ0v) is 11.9. The fourth-order valence-corrected chi connectivity index (χ4v) is 2.00. The van der Waals surface area contributed by atoms with Crippen molar-refractivity contribution in [3.8, 4) is 0 Å². The summed E-state index contributed by atoms with van der Waals surface area (Å²) < 4.78 is 0. The Morgan fingerprint density at radius 3 is 2.00 bits per heavy atom.